The molecular weight excluding hydrogens is 432 g/mol. The number of nitrogens with one attached hydrogen (secondary N) is 4. The van der Waals surface area contributed by atoms with E-state index in [0.717, 1.165) is 11.1 Å². The van der Waals surface area contributed by atoms with Gasteiger partial charge in [0.05, 0.1) is 4.90 Å². The zero-order valence-electron chi connectivity index (χ0n) is 16.8. The van der Waals surface area contributed by atoms with E-state index in [2.05, 4.69) is 20.9 Å². The van der Waals surface area contributed by atoms with Crippen molar-refractivity contribution in [1.82, 2.24) is 16.2 Å². The number of carbonyl (C=O) groups excluding carboxylic acids is 1. The highest BCUT2D eigenvalue weighted by atomic mass is 32.2. The van der Waals surface area contributed by atoms with Gasteiger partial charge in [0.25, 0.3) is 15.9 Å². The number of hydrazine groups is 1. The second-order valence-electron chi connectivity index (χ2n) is 6.74. The van der Waals surface area contributed by atoms with Gasteiger partial charge in [0.1, 0.15) is 0 Å². The molecule has 31 heavy (non-hydrogen) atoms. The Hall–Kier alpha value is -3.43. The number of carbonyl (C=O) groups is 1. The Morgan fingerprint density at radius 2 is 1.52 bits per heavy atom. The van der Waals surface area contributed by atoms with E-state index in [1.165, 1.54) is 24.3 Å². The molecule has 3 aromatic rings. The Morgan fingerprint density at radius 1 is 0.871 bits per heavy atom. The third-order valence-corrected chi connectivity index (χ3v) is 5.96. The van der Waals surface area contributed by atoms with E-state index < -0.39 is 15.9 Å². The third kappa shape index (κ3) is 6.53. The lowest BCUT2D eigenvalue weighted by Crippen LogP contribution is -2.46. The van der Waals surface area contributed by atoms with Crippen LogP contribution < -0.4 is 20.9 Å². The van der Waals surface area contributed by atoms with Gasteiger partial charge < -0.3 is 5.32 Å². The molecule has 0 saturated carbocycles. The molecule has 0 fully saturated rings. The van der Waals surface area contributed by atoms with E-state index in [-0.39, 0.29) is 15.6 Å². The minimum atomic E-state index is -3.76. The van der Waals surface area contributed by atoms with Gasteiger partial charge in [0.2, 0.25) is 0 Å². The van der Waals surface area contributed by atoms with Crippen molar-refractivity contribution >= 4 is 38.9 Å². The van der Waals surface area contributed by atoms with Crippen molar-refractivity contribution in [1.29, 1.82) is 0 Å². The maximum Gasteiger partial charge on any atom is 0.269 e. The molecule has 7 nitrogen and oxygen atoms in total. The highest BCUT2D eigenvalue weighted by Crippen LogP contribution is 2.17. The molecule has 0 aliphatic carbocycles. The summed E-state index contributed by atoms with van der Waals surface area (Å²) >= 11 is 5.14. The van der Waals surface area contributed by atoms with Gasteiger partial charge in [0.15, 0.2) is 5.11 Å². The quantitative estimate of drug-likeness (QED) is 0.337. The number of hydrogen-bond acceptors (Lipinski definition) is 4. The number of aryl methyl sites for hydroxylation is 1. The Morgan fingerprint density at radius 3 is 2.16 bits per heavy atom. The molecule has 3 rings (SSSR count). The molecule has 0 saturated heterocycles. The summed E-state index contributed by atoms with van der Waals surface area (Å²) in [5, 5.41) is 3.24. The smallest absolute Gasteiger partial charge is 0.269 e. The van der Waals surface area contributed by atoms with Gasteiger partial charge >= 0.3 is 0 Å². The van der Waals surface area contributed by atoms with Crippen LogP contribution in [0.15, 0.2) is 83.8 Å². The van der Waals surface area contributed by atoms with Crippen molar-refractivity contribution < 1.29 is 13.2 Å². The molecule has 0 aliphatic rings. The van der Waals surface area contributed by atoms with E-state index in [1.807, 2.05) is 49.4 Å². The number of anilines is 1. The lowest BCUT2D eigenvalue weighted by Gasteiger charge is -2.12. The van der Waals surface area contributed by atoms with Gasteiger partial charge in [-0.05, 0) is 61.1 Å². The summed E-state index contributed by atoms with van der Waals surface area (Å²) < 4.78 is 27.6. The largest absolute Gasteiger partial charge is 0.357 e. The van der Waals surface area contributed by atoms with Crippen LogP contribution >= 0.6 is 12.2 Å². The minimum absolute atomic E-state index is 0.0534. The predicted molar refractivity (Wildman–Crippen MR) is 125 cm³/mol. The predicted octanol–water partition coefficient (Wildman–Crippen LogP) is 3.10. The number of benzene rings is 3. The standard InChI is InChI=1S/C22H22N4O3S2/c1-16-7-11-19(12-8-16)26-31(28,29)20-13-9-18(10-14-20)21(27)24-25-22(30)23-15-17-5-3-2-4-6-17/h2-14,26H,15H2,1H3,(H,24,27)(H2,23,25,30). The van der Waals surface area contributed by atoms with Gasteiger partial charge in [-0.1, -0.05) is 48.0 Å². The average Bonchev–Trinajstić information content (AvgIpc) is 2.78. The lowest BCUT2D eigenvalue weighted by atomic mass is 10.2. The molecule has 0 atom stereocenters. The number of hydrogen-bond donors (Lipinski definition) is 4. The molecule has 0 spiro atoms. The summed E-state index contributed by atoms with van der Waals surface area (Å²) in [6, 6.07) is 22.3. The van der Waals surface area contributed by atoms with Crippen LogP contribution in [0.4, 0.5) is 5.69 Å². The summed E-state index contributed by atoms with van der Waals surface area (Å²) in [6.07, 6.45) is 0. The van der Waals surface area contributed by atoms with Crippen LogP contribution in [0, 0.1) is 6.92 Å². The topological polar surface area (TPSA) is 99.3 Å². The maximum absolute atomic E-state index is 12.5. The van der Waals surface area contributed by atoms with Crippen LogP contribution in [0.25, 0.3) is 0 Å². The fourth-order valence-corrected chi connectivity index (χ4v) is 3.81. The maximum atomic E-state index is 12.5. The van der Waals surface area contributed by atoms with Crippen molar-refractivity contribution in [2.75, 3.05) is 4.72 Å². The molecule has 4 N–H and O–H groups in total. The normalized spacial score (nSPS) is 10.7. The summed E-state index contributed by atoms with van der Waals surface area (Å²) in [4.78, 5) is 12.3. The van der Waals surface area contributed by atoms with E-state index >= 15 is 0 Å². The number of sulfonamides is 1. The fourth-order valence-electron chi connectivity index (χ4n) is 2.63. The van der Waals surface area contributed by atoms with Gasteiger partial charge in [0, 0.05) is 17.8 Å². The van der Waals surface area contributed by atoms with Crippen LogP contribution in [0.5, 0.6) is 0 Å². The Labute approximate surface area is 186 Å². The minimum Gasteiger partial charge on any atom is -0.357 e. The first kappa shape index (κ1) is 22.3. The highest BCUT2D eigenvalue weighted by molar-refractivity contribution is 7.92. The summed E-state index contributed by atoms with van der Waals surface area (Å²) in [5.41, 5.74) is 7.93. The molecule has 0 radical (unpaired) electrons. The first-order valence-electron chi connectivity index (χ1n) is 9.41. The van der Waals surface area contributed by atoms with E-state index in [9.17, 15) is 13.2 Å². The Bertz CT molecular complexity index is 1150. The Balaban J connectivity index is 1.53. The van der Waals surface area contributed by atoms with Crippen molar-refractivity contribution in [3.05, 3.63) is 95.6 Å². The van der Waals surface area contributed by atoms with Crippen LogP contribution in [-0.4, -0.2) is 19.4 Å². The molecule has 9 heteroatoms. The number of amides is 1. The van der Waals surface area contributed by atoms with Crippen LogP contribution in [0.2, 0.25) is 0 Å². The molecule has 1 amide bonds. The third-order valence-electron chi connectivity index (χ3n) is 4.32. The van der Waals surface area contributed by atoms with E-state index in [1.54, 1.807) is 12.1 Å². The second kappa shape index (κ2) is 10.1. The summed E-state index contributed by atoms with van der Waals surface area (Å²) in [5.74, 6) is -0.445. The first-order valence-corrected chi connectivity index (χ1v) is 11.3. The molecule has 0 heterocycles. The number of thiocarbonyl (C=S) groups is 1. The zero-order chi connectivity index (χ0) is 22.3. The fraction of sp³-hybridized carbons (Fsp3) is 0.0909. The molecule has 160 valence electrons. The summed E-state index contributed by atoms with van der Waals surface area (Å²) in [7, 11) is -3.76. The monoisotopic (exact) mass is 454 g/mol. The first-order chi connectivity index (χ1) is 14.8. The zero-order valence-corrected chi connectivity index (χ0v) is 18.4. The molecule has 0 unspecified atom stereocenters. The summed E-state index contributed by atoms with van der Waals surface area (Å²) in [6.45, 7) is 2.44. The molecule has 0 aromatic heterocycles. The average molecular weight is 455 g/mol. The molecule has 0 bridgehead atoms. The van der Waals surface area contributed by atoms with Crippen LogP contribution in [0.1, 0.15) is 21.5 Å². The molecule has 3 aromatic carbocycles. The van der Waals surface area contributed by atoms with Crippen molar-refractivity contribution in [2.45, 2.75) is 18.4 Å². The highest BCUT2D eigenvalue weighted by Gasteiger charge is 2.15. The van der Waals surface area contributed by atoms with Crippen molar-refractivity contribution in [2.24, 2.45) is 0 Å². The molecule has 0 aliphatic heterocycles. The van der Waals surface area contributed by atoms with Gasteiger partial charge in [-0.2, -0.15) is 0 Å². The molecular formula is C22H22N4O3S2. The SMILES string of the molecule is Cc1ccc(NS(=O)(=O)c2ccc(C(=O)NNC(=S)NCc3ccccc3)cc2)cc1. The van der Waals surface area contributed by atoms with Crippen LogP contribution in [0.3, 0.4) is 0 Å². The van der Waals surface area contributed by atoms with Crippen molar-refractivity contribution in [3.8, 4) is 0 Å². The Kier molecular flexibility index (Phi) is 7.22. The number of rotatable bonds is 6. The van der Waals surface area contributed by atoms with Gasteiger partial charge in [-0.15, -0.1) is 0 Å². The van der Waals surface area contributed by atoms with Crippen molar-refractivity contribution in [3.63, 3.8) is 0 Å². The van der Waals surface area contributed by atoms with E-state index in [0.29, 0.717) is 12.2 Å². The van der Waals surface area contributed by atoms with E-state index in [4.69, 9.17) is 12.2 Å². The van der Waals surface area contributed by atoms with Gasteiger partial charge in [-0.25, -0.2) is 8.42 Å². The van der Waals surface area contributed by atoms with Gasteiger partial charge in [-0.3, -0.25) is 20.4 Å². The lowest BCUT2D eigenvalue weighted by molar-refractivity contribution is 0.0943. The van der Waals surface area contributed by atoms with Crippen LogP contribution in [-0.2, 0) is 16.6 Å². The second-order valence-corrected chi connectivity index (χ2v) is 8.83.